The molecule has 0 radical (unpaired) electrons. The number of nitrogens with two attached hydrogens (primary N) is 1. The third-order valence-electron chi connectivity index (χ3n) is 3.35. The highest BCUT2D eigenvalue weighted by Crippen LogP contribution is 2.10. The van der Waals surface area contributed by atoms with Crippen LogP contribution in [-0.4, -0.2) is 88.4 Å². The molecule has 0 aliphatic carbocycles. The average molecular weight is 346 g/mol. The molecule has 0 aliphatic heterocycles. The number of hydrazine groups is 1. The molecular formula is C13H22N4O7. The number of carbonyl (C=O) groups is 5. The summed E-state index contributed by atoms with van der Waals surface area (Å²) in [6, 6.07) is -1.07. The summed E-state index contributed by atoms with van der Waals surface area (Å²) in [5.74, 6) is -0.836. The van der Waals surface area contributed by atoms with E-state index < -0.39 is 35.7 Å². The number of hydrogen-bond acceptors (Lipinski definition) is 6. The van der Waals surface area contributed by atoms with Gasteiger partial charge in [-0.2, -0.15) is 0 Å². The monoisotopic (exact) mass is 346 g/mol. The van der Waals surface area contributed by atoms with Crippen molar-refractivity contribution in [2.45, 2.75) is 25.3 Å². The standard InChI is InChI=1S/C13H22N4O7/c1-15(10(19)12(21)22)7-5-4-6-8(9(18)17(3)14)16(2)11(20)13(23)24/h8H,4-7,14H2,1-3H3,(H,21,22)(H,23,24)/t8-/m0/s1. The lowest BCUT2D eigenvalue weighted by molar-refractivity contribution is -0.158. The molecule has 11 nitrogen and oxygen atoms in total. The van der Waals surface area contributed by atoms with Gasteiger partial charge in [-0.1, -0.05) is 0 Å². The van der Waals surface area contributed by atoms with E-state index in [0.717, 1.165) is 14.8 Å². The van der Waals surface area contributed by atoms with E-state index in [1.54, 1.807) is 0 Å². The molecule has 11 heteroatoms. The molecule has 0 aromatic rings. The van der Waals surface area contributed by atoms with Crippen LogP contribution in [0, 0.1) is 0 Å². The molecule has 0 bridgehead atoms. The predicted molar refractivity (Wildman–Crippen MR) is 80.3 cm³/mol. The fraction of sp³-hybridized carbons (Fsp3) is 0.615. The smallest absolute Gasteiger partial charge is 0.394 e. The normalized spacial score (nSPS) is 11.3. The van der Waals surface area contributed by atoms with E-state index in [-0.39, 0.29) is 13.0 Å². The quantitative estimate of drug-likeness (QED) is 0.156. The Balaban J connectivity index is 4.72. The van der Waals surface area contributed by atoms with Gasteiger partial charge in [0.2, 0.25) is 0 Å². The van der Waals surface area contributed by atoms with Crippen LogP contribution in [0.4, 0.5) is 0 Å². The first kappa shape index (κ1) is 21.3. The van der Waals surface area contributed by atoms with Gasteiger partial charge >= 0.3 is 23.8 Å². The summed E-state index contributed by atoms with van der Waals surface area (Å²) in [5.41, 5.74) is 0. The SMILES string of the molecule is CN(N)C(=O)[C@H](CCCCN(C)C(=O)C(=O)O)N(C)C(=O)C(=O)O. The lowest BCUT2D eigenvalue weighted by atomic mass is 10.1. The maximum absolute atomic E-state index is 12.0. The number of rotatable bonds is 7. The minimum Gasteiger partial charge on any atom is -0.474 e. The molecule has 0 spiro atoms. The Morgan fingerprint density at radius 3 is 1.83 bits per heavy atom. The minimum atomic E-state index is -1.69. The van der Waals surface area contributed by atoms with Crippen LogP contribution in [0.25, 0.3) is 0 Å². The molecule has 4 N–H and O–H groups in total. The predicted octanol–water partition coefficient (Wildman–Crippen LogP) is -2.06. The Morgan fingerprint density at radius 1 is 0.917 bits per heavy atom. The molecule has 3 amide bonds. The zero-order valence-electron chi connectivity index (χ0n) is 13.8. The molecule has 0 fully saturated rings. The lowest BCUT2D eigenvalue weighted by Gasteiger charge is -2.28. The van der Waals surface area contributed by atoms with Gasteiger partial charge in [0.25, 0.3) is 5.91 Å². The molecule has 0 aromatic carbocycles. The van der Waals surface area contributed by atoms with Crippen LogP contribution in [0.5, 0.6) is 0 Å². The van der Waals surface area contributed by atoms with Crippen LogP contribution in [-0.2, 0) is 24.0 Å². The lowest BCUT2D eigenvalue weighted by Crippen LogP contribution is -2.51. The fourth-order valence-corrected chi connectivity index (χ4v) is 1.96. The summed E-state index contributed by atoms with van der Waals surface area (Å²) < 4.78 is 0. The van der Waals surface area contributed by atoms with Crippen molar-refractivity contribution < 1.29 is 34.2 Å². The maximum atomic E-state index is 12.0. The first-order chi connectivity index (χ1) is 11.0. The first-order valence-electron chi connectivity index (χ1n) is 7.01. The van der Waals surface area contributed by atoms with Crippen LogP contribution in [0.15, 0.2) is 0 Å². The van der Waals surface area contributed by atoms with Gasteiger partial charge in [-0.3, -0.25) is 19.4 Å². The van der Waals surface area contributed by atoms with Crippen molar-refractivity contribution in [3.63, 3.8) is 0 Å². The van der Waals surface area contributed by atoms with Crippen LogP contribution in [0.2, 0.25) is 0 Å². The maximum Gasteiger partial charge on any atom is 0.394 e. The number of carboxylic acid groups (broad SMARTS) is 2. The Hall–Kier alpha value is -2.69. The van der Waals surface area contributed by atoms with Gasteiger partial charge < -0.3 is 20.0 Å². The Kier molecular flexibility index (Phi) is 8.39. The third-order valence-corrected chi connectivity index (χ3v) is 3.35. The van der Waals surface area contributed by atoms with Crippen molar-refractivity contribution in [1.29, 1.82) is 0 Å². The second-order valence-corrected chi connectivity index (χ2v) is 5.21. The molecule has 1 atom stereocenters. The Bertz CT molecular complexity index is 520. The molecular weight excluding hydrogens is 324 g/mol. The largest absolute Gasteiger partial charge is 0.474 e. The van der Waals surface area contributed by atoms with E-state index in [0.29, 0.717) is 12.8 Å². The number of amides is 3. The van der Waals surface area contributed by atoms with Crippen molar-refractivity contribution in [2.24, 2.45) is 5.84 Å². The van der Waals surface area contributed by atoms with Crippen LogP contribution in [0.1, 0.15) is 19.3 Å². The highest BCUT2D eigenvalue weighted by atomic mass is 16.4. The van der Waals surface area contributed by atoms with Crippen molar-refractivity contribution in [3.8, 4) is 0 Å². The fourth-order valence-electron chi connectivity index (χ4n) is 1.96. The molecule has 0 unspecified atom stereocenters. The van der Waals surface area contributed by atoms with E-state index in [2.05, 4.69) is 0 Å². The van der Waals surface area contributed by atoms with E-state index >= 15 is 0 Å². The van der Waals surface area contributed by atoms with Gasteiger partial charge in [-0.25, -0.2) is 15.4 Å². The van der Waals surface area contributed by atoms with Gasteiger partial charge in [0, 0.05) is 27.7 Å². The van der Waals surface area contributed by atoms with Gasteiger partial charge in [-0.05, 0) is 19.3 Å². The minimum absolute atomic E-state index is 0.116. The number of unbranched alkanes of at least 4 members (excludes halogenated alkanes) is 1. The van der Waals surface area contributed by atoms with Crippen LogP contribution >= 0.6 is 0 Å². The molecule has 0 aliphatic rings. The summed E-state index contributed by atoms with van der Waals surface area (Å²) in [6.45, 7) is 0.140. The number of hydrogen-bond donors (Lipinski definition) is 3. The Labute approximate surface area is 138 Å². The van der Waals surface area contributed by atoms with E-state index in [9.17, 15) is 24.0 Å². The topological polar surface area (TPSA) is 162 Å². The van der Waals surface area contributed by atoms with Crippen LogP contribution < -0.4 is 5.84 Å². The molecule has 136 valence electrons. The number of aliphatic carboxylic acids is 2. The molecule has 0 heterocycles. The molecule has 0 saturated carbocycles. The van der Waals surface area contributed by atoms with Crippen molar-refractivity contribution in [3.05, 3.63) is 0 Å². The number of nitrogens with zero attached hydrogens (tertiary/aromatic N) is 3. The number of carboxylic acids is 2. The highest BCUT2D eigenvalue weighted by molar-refractivity contribution is 6.32. The zero-order valence-corrected chi connectivity index (χ0v) is 13.8. The molecule has 24 heavy (non-hydrogen) atoms. The second-order valence-electron chi connectivity index (χ2n) is 5.21. The molecule has 0 aromatic heterocycles. The summed E-state index contributed by atoms with van der Waals surface area (Å²) >= 11 is 0. The van der Waals surface area contributed by atoms with Crippen molar-refractivity contribution in [1.82, 2.24) is 14.8 Å². The van der Waals surface area contributed by atoms with Crippen LogP contribution in [0.3, 0.4) is 0 Å². The van der Waals surface area contributed by atoms with Gasteiger partial charge in [0.05, 0.1) is 0 Å². The van der Waals surface area contributed by atoms with Crippen molar-refractivity contribution in [2.75, 3.05) is 27.7 Å². The van der Waals surface area contributed by atoms with E-state index in [1.165, 1.54) is 21.1 Å². The van der Waals surface area contributed by atoms with E-state index in [4.69, 9.17) is 16.1 Å². The van der Waals surface area contributed by atoms with Gasteiger partial charge in [0.1, 0.15) is 6.04 Å². The summed E-state index contributed by atoms with van der Waals surface area (Å²) in [5, 5.41) is 18.1. The van der Waals surface area contributed by atoms with Gasteiger partial charge in [-0.15, -0.1) is 0 Å². The third kappa shape index (κ3) is 6.20. The van der Waals surface area contributed by atoms with E-state index in [1.807, 2.05) is 0 Å². The number of likely N-dealkylation sites (N-methyl/N-ethyl adjacent to an activating group) is 3. The van der Waals surface area contributed by atoms with Crippen molar-refractivity contribution >= 4 is 29.7 Å². The van der Waals surface area contributed by atoms with Gasteiger partial charge in [0.15, 0.2) is 0 Å². The average Bonchev–Trinajstić information content (AvgIpc) is 2.51. The molecule has 0 saturated heterocycles. The zero-order chi connectivity index (χ0) is 19.0. The summed E-state index contributed by atoms with van der Waals surface area (Å²) in [7, 11) is 3.78. The summed E-state index contributed by atoms with van der Waals surface area (Å²) in [6.07, 6.45) is 0.826. The number of carbonyl (C=O) groups excluding carboxylic acids is 3. The highest BCUT2D eigenvalue weighted by Gasteiger charge is 2.31. The Morgan fingerprint density at radius 2 is 1.42 bits per heavy atom. The summed E-state index contributed by atoms with van der Waals surface area (Å²) in [4.78, 5) is 57.8. The molecule has 0 rings (SSSR count). The second kappa shape index (κ2) is 9.45. The first-order valence-corrected chi connectivity index (χ1v) is 7.01.